The Kier molecular flexibility index (Phi) is 6.95. The van der Waals surface area contributed by atoms with Gasteiger partial charge in [0.1, 0.15) is 17.1 Å². The first kappa shape index (κ1) is 21.6. The largest absolute Gasteiger partial charge is 0.497 e. The Bertz CT molecular complexity index is 887. The summed E-state index contributed by atoms with van der Waals surface area (Å²) >= 11 is 0. The Morgan fingerprint density at radius 2 is 1.73 bits per heavy atom. The van der Waals surface area contributed by atoms with Gasteiger partial charge in [0.05, 0.1) is 26.2 Å². The molecule has 1 fully saturated rings. The molecule has 0 spiro atoms. The molecular formula is C23H27NO6. The van der Waals surface area contributed by atoms with Gasteiger partial charge < -0.3 is 24.3 Å². The predicted molar refractivity (Wildman–Crippen MR) is 112 cm³/mol. The van der Waals surface area contributed by atoms with Crippen LogP contribution >= 0.6 is 0 Å². The number of hydrogen-bond acceptors (Lipinski definition) is 6. The van der Waals surface area contributed by atoms with Crippen LogP contribution in [0.3, 0.4) is 0 Å². The molecule has 0 unspecified atom stereocenters. The van der Waals surface area contributed by atoms with E-state index in [1.807, 2.05) is 24.3 Å². The van der Waals surface area contributed by atoms with Gasteiger partial charge in [-0.25, -0.2) is 4.79 Å². The Morgan fingerprint density at radius 1 is 1.03 bits per heavy atom. The Balaban J connectivity index is 1.90. The van der Waals surface area contributed by atoms with E-state index >= 15 is 0 Å². The average Bonchev–Trinajstić information content (AvgIpc) is 2.79. The zero-order valence-electron chi connectivity index (χ0n) is 17.5. The molecule has 0 radical (unpaired) electrons. The van der Waals surface area contributed by atoms with Gasteiger partial charge in [-0.15, -0.1) is 0 Å². The maximum atomic E-state index is 13.5. The maximum absolute atomic E-state index is 13.5. The van der Waals surface area contributed by atoms with E-state index in [1.165, 1.54) is 7.11 Å². The van der Waals surface area contributed by atoms with Gasteiger partial charge in [-0.3, -0.25) is 4.79 Å². The number of methoxy groups -OCH3 is 2. The van der Waals surface area contributed by atoms with E-state index in [0.717, 1.165) is 11.3 Å². The third-order valence-electron chi connectivity index (χ3n) is 5.38. The van der Waals surface area contributed by atoms with Crippen molar-refractivity contribution in [1.82, 2.24) is 0 Å². The molecule has 7 nitrogen and oxygen atoms in total. The van der Waals surface area contributed by atoms with E-state index in [2.05, 4.69) is 5.32 Å². The van der Waals surface area contributed by atoms with Crippen LogP contribution in [0.4, 0.5) is 5.69 Å². The van der Waals surface area contributed by atoms with Crippen molar-refractivity contribution in [1.29, 1.82) is 0 Å². The number of anilines is 1. The molecule has 1 N–H and O–H groups in total. The summed E-state index contributed by atoms with van der Waals surface area (Å²) in [5, 5.41) is 2.98. The molecule has 1 heterocycles. The van der Waals surface area contributed by atoms with Crippen LogP contribution in [0.5, 0.6) is 11.5 Å². The maximum Gasteiger partial charge on any atom is 0.341 e. The third-order valence-corrected chi connectivity index (χ3v) is 5.38. The number of esters is 1. The number of carbonyl (C=O) groups is 2. The van der Waals surface area contributed by atoms with Gasteiger partial charge in [0.2, 0.25) is 5.91 Å². The van der Waals surface area contributed by atoms with Gasteiger partial charge in [0, 0.05) is 18.9 Å². The molecule has 160 valence electrons. The van der Waals surface area contributed by atoms with Gasteiger partial charge in [0.25, 0.3) is 0 Å². The minimum absolute atomic E-state index is 0.143. The van der Waals surface area contributed by atoms with Crippen molar-refractivity contribution in [3.05, 3.63) is 53.6 Å². The molecule has 1 saturated heterocycles. The van der Waals surface area contributed by atoms with Crippen LogP contribution in [-0.4, -0.2) is 45.9 Å². The molecule has 1 amide bonds. The van der Waals surface area contributed by atoms with Gasteiger partial charge in [-0.05, 0) is 55.7 Å². The van der Waals surface area contributed by atoms with E-state index in [4.69, 9.17) is 18.9 Å². The number of amides is 1. The summed E-state index contributed by atoms with van der Waals surface area (Å²) in [5.74, 6) is 0.482. The van der Waals surface area contributed by atoms with Crippen LogP contribution in [0.2, 0.25) is 0 Å². The van der Waals surface area contributed by atoms with Crippen LogP contribution < -0.4 is 14.8 Å². The van der Waals surface area contributed by atoms with Crippen molar-refractivity contribution < 1.29 is 28.5 Å². The first-order valence-electron chi connectivity index (χ1n) is 9.93. The van der Waals surface area contributed by atoms with E-state index in [1.54, 1.807) is 32.2 Å². The fourth-order valence-corrected chi connectivity index (χ4v) is 3.68. The molecule has 2 aromatic carbocycles. The molecule has 1 aliphatic rings. The standard InChI is InChI=1S/C23H27NO6/c1-4-30-21(25)19-15-17(7-10-20(19)28-3)24-22(26)23(11-13-29-14-12-23)16-5-8-18(27-2)9-6-16/h5-10,15H,4,11-14H2,1-3H3,(H,24,26). The predicted octanol–water partition coefficient (Wildman–Crippen LogP) is 3.57. The van der Waals surface area contributed by atoms with Crippen molar-refractivity contribution in [2.24, 2.45) is 0 Å². The lowest BCUT2D eigenvalue weighted by molar-refractivity contribution is -0.125. The lowest BCUT2D eigenvalue weighted by Gasteiger charge is -2.36. The van der Waals surface area contributed by atoms with E-state index in [-0.39, 0.29) is 18.1 Å². The quantitative estimate of drug-likeness (QED) is 0.699. The number of hydrogen-bond donors (Lipinski definition) is 1. The highest BCUT2D eigenvalue weighted by atomic mass is 16.5. The molecule has 0 saturated carbocycles. The summed E-state index contributed by atoms with van der Waals surface area (Å²) < 4.78 is 21.1. The highest BCUT2D eigenvalue weighted by Crippen LogP contribution is 2.37. The number of nitrogens with one attached hydrogen (secondary N) is 1. The Morgan fingerprint density at radius 3 is 2.33 bits per heavy atom. The van der Waals surface area contributed by atoms with Crippen molar-refractivity contribution in [3.8, 4) is 11.5 Å². The fourth-order valence-electron chi connectivity index (χ4n) is 3.68. The SMILES string of the molecule is CCOC(=O)c1cc(NC(=O)C2(c3ccc(OC)cc3)CCOCC2)ccc1OC. The van der Waals surface area contributed by atoms with Gasteiger partial charge in [0.15, 0.2) is 0 Å². The molecule has 7 heteroatoms. The first-order valence-corrected chi connectivity index (χ1v) is 9.93. The number of rotatable bonds is 7. The number of ether oxygens (including phenoxy) is 4. The number of benzene rings is 2. The van der Waals surface area contributed by atoms with Gasteiger partial charge in [-0.1, -0.05) is 12.1 Å². The Labute approximate surface area is 176 Å². The smallest absolute Gasteiger partial charge is 0.341 e. The average molecular weight is 413 g/mol. The summed E-state index contributed by atoms with van der Waals surface area (Å²) in [6.07, 6.45) is 1.12. The van der Waals surface area contributed by atoms with Crippen molar-refractivity contribution in [2.75, 3.05) is 39.4 Å². The summed E-state index contributed by atoms with van der Waals surface area (Å²) in [6, 6.07) is 12.5. The second-order valence-electron chi connectivity index (χ2n) is 7.01. The van der Waals surface area contributed by atoms with Crippen LogP contribution in [0.15, 0.2) is 42.5 Å². The molecule has 0 aromatic heterocycles. The summed E-state index contributed by atoms with van der Waals surface area (Å²) in [5.41, 5.74) is 0.947. The molecule has 0 aliphatic carbocycles. The minimum atomic E-state index is -0.728. The zero-order valence-corrected chi connectivity index (χ0v) is 17.5. The Hall–Kier alpha value is -3.06. The number of carbonyl (C=O) groups excluding carboxylic acids is 2. The normalized spacial score (nSPS) is 15.2. The van der Waals surface area contributed by atoms with E-state index in [9.17, 15) is 9.59 Å². The minimum Gasteiger partial charge on any atom is -0.497 e. The summed E-state index contributed by atoms with van der Waals surface area (Å²) in [6.45, 7) is 2.98. The molecule has 3 rings (SSSR count). The monoisotopic (exact) mass is 413 g/mol. The zero-order chi connectivity index (χ0) is 21.6. The molecular weight excluding hydrogens is 386 g/mol. The summed E-state index contributed by atoms with van der Waals surface area (Å²) in [7, 11) is 3.09. The molecule has 30 heavy (non-hydrogen) atoms. The molecule has 0 atom stereocenters. The van der Waals surface area contributed by atoms with E-state index in [0.29, 0.717) is 37.5 Å². The second-order valence-corrected chi connectivity index (χ2v) is 7.01. The summed E-state index contributed by atoms with van der Waals surface area (Å²) in [4.78, 5) is 25.7. The fraction of sp³-hybridized carbons (Fsp3) is 0.391. The lowest BCUT2D eigenvalue weighted by atomic mass is 9.73. The van der Waals surface area contributed by atoms with E-state index < -0.39 is 11.4 Å². The van der Waals surface area contributed by atoms with Crippen molar-refractivity contribution in [3.63, 3.8) is 0 Å². The van der Waals surface area contributed by atoms with Crippen molar-refractivity contribution in [2.45, 2.75) is 25.2 Å². The lowest BCUT2D eigenvalue weighted by Crippen LogP contribution is -2.44. The topological polar surface area (TPSA) is 83.1 Å². The van der Waals surface area contributed by atoms with Crippen LogP contribution in [-0.2, 0) is 19.7 Å². The first-order chi connectivity index (χ1) is 14.5. The van der Waals surface area contributed by atoms with Crippen LogP contribution in [0, 0.1) is 0 Å². The highest BCUT2D eigenvalue weighted by molar-refractivity contribution is 6.01. The van der Waals surface area contributed by atoms with Crippen LogP contribution in [0.1, 0.15) is 35.7 Å². The van der Waals surface area contributed by atoms with Gasteiger partial charge >= 0.3 is 5.97 Å². The van der Waals surface area contributed by atoms with Crippen LogP contribution in [0.25, 0.3) is 0 Å². The molecule has 1 aliphatic heterocycles. The molecule has 0 bridgehead atoms. The second kappa shape index (κ2) is 9.63. The van der Waals surface area contributed by atoms with Crippen molar-refractivity contribution >= 4 is 17.6 Å². The highest BCUT2D eigenvalue weighted by Gasteiger charge is 2.41. The van der Waals surface area contributed by atoms with Gasteiger partial charge in [-0.2, -0.15) is 0 Å². The third kappa shape index (κ3) is 4.41. The molecule has 2 aromatic rings.